The number of carbonyl (C=O) groups is 3. The Morgan fingerprint density at radius 1 is 0.465 bits per heavy atom. The van der Waals surface area contributed by atoms with Gasteiger partial charge in [-0.1, -0.05) is 58.2 Å². The molecule has 3 aromatic carbocycles. The number of benzene rings is 3. The molecule has 30 nitrogen and oxygen atoms in total. The Balaban J connectivity index is 0.000000158. The third kappa shape index (κ3) is 23.1. The number of amides is 3. The van der Waals surface area contributed by atoms with Crippen LogP contribution in [0.3, 0.4) is 0 Å². The number of rotatable bonds is 25. The van der Waals surface area contributed by atoms with E-state index in [0.717, 1.165) is 38.4 Å². The summed E-state index contributed by atoms with van der Waals surface area (Å²) in [6, 6.07) is 24.8. The summed E-state index contributed by atoms with van der Waals surface area (Å²) in [5, 5.41) is 22.0. The van der Waals surface area contributed by atoms with Crippen LogP contribution in [0.15, 0.2) is 165 Å². The van der Waals surface area contributed by atoms with E-state index < -0.39 is 33.5 Å². The van der Waals surface area contributed by atoms with Crippen molar-refractivity contribution in [2.75, 3.05) is 106 Å². The minimum Gasteiger partial charge on any atom is -0.364 e. The first-order valence-electron chi connectivity index (χ1n) is 35.5. The number of thiazole rings is 3. The molecule has 0 radical (unpaired) electrons. The van der Waals surface area contributed by atoms with Gasteiger partial charge in [-0.25, -0.2) is 47.8 Å². The molecule has 3 fully saturated rings. The van der Waals surface area contributed by atoms with E-state index in [1.807, 2.05) is 78.9 Å². The van der Waals surface area contributed by atoms with Crippen LogP contribution in [-0.4, -0.2) is 220 Å². The number of methoxy groups -OCH3 is 3. The van der Waals surface area contributed by atoms with Gasteiger partial charge < -0.3 is 28.9 Å². The topological polar surface area (TPSA) is 294 Å². The summed E-state index contributed by atoms with van der Waals surface area (Å²) >= 11 is 22.0. The van der Waals surface area contributed by atoms with Gasteiger partial charge >= 0.3 is 0 Å². The highest BCUT2D eigenvalue weighted by atomic mass is 35.5. The van der Waals surface area contributed by atoms with Crippen LogP contribution in [-0.2, 0) is 88.0 Å². The molecule has 3 aliphatic heterocycles. The summed E-state index contributed by atoms with van der Waals surface area (Å²) < 4.78 is 94.2. The summed E-state index contributed by atoms with van der Waals surface area (Å²) in [5.41, 5.74) is 4.92. The van der Waals surface area contributed by atoms with E-state index in [0.29, 0.717) is 165 Å². The van der Waals surface area contributed by atoms with E-state index in [9.17, 15) is 36.0 Å². The number of halogens is 6. The lowest BCUT2D eigenvalue weighted by Crippen LogP contribution is -2.48. The standard InChI is InChI=1S/2C25H26ClFN8O2S.C24H27ClFN5O5S2/c1-37-17-34-11-12-38-25(34)30-22-14-18(15-35-6-5-28-31-35)13-19(29-22)16-32-7-9-33(10-8-32)24(36)20-3-2-4-21(26)23(20)27;1-37-17-34-11-12-38-25(34)31-22-14-18(15-35-28-5-6-29-35)13-19(30-22)16-32-7-9-33(10-8-32)24(36)20-3-2-4-21(26)23(20)27;1-35-16-31-10-11-37-24(31)28-21-13-17(15-36-38(2,33)34)12-18(27-21)14-29-6-8-30(9-7-29)23(32)19-4-3-5-20(25)22(19)26/h2*2-6,11-14H,7-10,15-17H2,1H3;3-5,10-13H,6-9,14-16H2,1-2H3. The van der Waals surface area contributed by atoms with E-state index >= 15 is 0 Å². The lowest BCUT2D eigenvalue weighted by atomic mass is 10.1. The second kappa shape index (κ2) is 40.1. The first-order chi connectivity index (χ1) is 55.1. The monoisotopic (exact) mass is 1700 g/mol. The lowest BCUT2D eigenvalue weighted by molar-refractivity contribution is 0.0615. The molecule has 3 amide bonds. The van der Waals surface area contributed by atoms with E-state index in [4.69, 9.17) is 73.1 Å². The predicted molar refractivity (Wildman–Crippen MR) is 422 cm³/mol. The molecular weight excluding hydrogens is 1620 g/mol. The van der Waals surface area contributed by atoms with Crippen LogP contribution in [0.25, 0.3) is 0 Å². The molecule has 114 heavy (non-hydrogen) atoms. The number of aromatic nitrogens is 12. The summed E-state index contributed by atoms with van der Waals surface area (Å²) in [7, 11) is 1.24. The Bertz CT molecular complexity index is 5230. The molecule has 0 spiro atoms. The van der Waals surface area contributed by atoms with Gasteiger partial charge in [0.25, 0.3) is 27.8 Å². The number of piperazine rings is 3. The third-order valence-electron chi connectivity index (χ3n) is 17.9. The van der Waals surface area contributed by atoms with Crippen molar-refractivity contribution in [2.45, 2.75) is 59.5 Å². The quantitative estimate of drug-likeness (QED) is 0.0481. The fraction of sp³-hybridized carbons (Fsp3) is 0.338. The summed E-state index contributed by atoms with van der Waals surface area (Å²) in [6.07, 6.45) is 13.4. The molecule has 0 atom stereocenters. The maximum absolute atomic E-state index is 14.4. The van der Waals surface area contributed by atoms with E-state index in [-0.39, 0.29) is 50.2 Å². The third-order valence-corrected chi connectivity index (χ3v) is 21.7. The van der Waals surface area contributed by atoms with Crippen molar-refractivity contribution >= 4 is 114 Å². The Kier molecular flexibility index (Phi) is 29.5. The van der Waals surface area contributed by atoms with Crippen molar-refractivity contribution in [3.63, 3.8) is 0 Å². The fourth-order valence-corrected chi connectivity index (χ4v) is 15.5. The zero-order chi connectivity index (χ0) is 80.3. The zero-order valence-electron chi connectivity index (χ0n) is 62.2. The molecular formula is C74H79Cl3F3N21O9S4. The normalized spacial score (nSPS) is 15.0. The first-order valence-corrected chi connectivity index (χ1v) is 41.1. The smallest absolute Gasteiger partial charge is 0.264 e. The maximum atomic E-state index is 14.4. The summed E-state index contributed by atoms with van der Waals surface area (Å²) in [4.78, 5) is 82.3. The van der Waals surface area contributed by atoms with Crippen LogP contribution in [0.1, 0.15) is 64.8 Å². The predicted octanol–water partition coefficient (Wildman–Crippen LogP) is 9.35. The highest BCUT2D eigenvalue weighted by molar-refractivity contribution is 7.85. The second-order valence-corrected chi connectivity index (χ2v) is 31.6. The van der Waals surface area contributed by atoms with Crippen molar-refractivity contribution in [1.82, 2.24) is 88.0 Å². The number of ether oxygens (including phenoxy) is 3. The Hall–Kier alpha value is -9.58. The van der Waals surface area contributed by atoms with Crippen LogP contribution in [0.2, 0.25) is 15.1 Å². The minimum atomic E-state index is -3.63. The molecule has 11 heterocycles. The number of carbonyl (C=O) groups excluding carboxylic acids is 3. The number of pyridine rings is 3. The number of hydrogen-bond acceptors (Lipinski definition) is 25. The van der Waals surface area contributed by atoms with Crippen molar-refractivity contribution in [2.24, 2.45) is 15.0 Å². The van der Waals surface area contributed by atoms with Crippen molar-refractivity contribution < 1.29 is 54.4 Å². The van der Waals surface area contributed by atoms with Crippen LogP contribution in [0.5, 0.6) is 0 Å². The molecule has 3 aliphatic rings. The SMILES string of the molecule is COCn1ccsc1=Nc1cc(COS(C)(=O)=O)cc(CN2CCN(C(=O)c3cccc(Cl)c3F)CC2)n1.COCn1ccsc1=Nc1cc(Cn2ccnn2)cc(CN2CCN(C(=O)c3cccc(Cl)c3F)CC2)n1.COCn1ccsc1=Nc1cc(Cn2nccn2)cc(CN2CCN(C(=O)c3cccc(Cl)c3F)CC2)n1. The summed E-state index contributed by atoms with van der Waals surface area (Å²) in [5.74, 6) is -1.58. The first kappa shape index (κ1) is 83.8. The molecule has 8 aromatic heterocycles. The van der Waals surface area contributed by atoms with Gasteiger partial charge in [-0.2, -0.15) is 23.4 Å². The van der Waals surface area contributed by atoms with Crippen molar-refractivity contribution in [1.29, 1.82) is 0 Å². The van der Waals surface area contributed by atoms with Gasteiger partial charge in [0.15, 0.2) is 49.3 Å². The molecule has 14 rings (SSSR count). The lowest BCUT2D eigenvalue weighted by Gasteiger charge is -2.34. The molecule has 600 valence electrons. The van der Waals surface area contributed by atoms with Gasteiger partial charge in [0, 0.05) is 160 Å². The van der Waals surface area contributed by atoms with Crippen molar-refractivity contribution in [3.05, 3.63) is 248 Å². The molecule has 3 saturated heterocycles. The molecule has 0 unspecified atom stereocenters. The number of hydrogen-bond donors (Lipinski definition) is 0. The zero-order valence-corrected chi connectivity index (χ0v) is 67.8. The molecule has 40 heteroatoms. The average Bonchev–Trinajstić information content (AvgIpc) is 1.11. The van der Waals surface area contributed by atoms with Crippen molar-refractivity contribution in [3.8, 4) is 0 Å². The van der Waals surface area contributed by atoms with Gasteiger partial charge in [-0.3, -0.25) is 47.0 Å². The Morgan fingerprint density at radius 2 is 0.816 bits per heavy atom. The second-order valence-electron chi connectivity index (χ2n) is 26.2. The molecule has 0 saturated carbocycles. The maximum Gasteiger partial charge on any atom is 0.264 e. The van der Waals surface area contributed by atoms with Gasteiger partial charge in [0.05, 0.1) is 93.4 Å². The molecule has 0 aliphatic carbocycles. The Morgan fingerprint density at radius 3 is 1.16 bits per heavy atom. The number of nitrogens with zero attached hydrogens (tertiary/aromatic N) is 21. The van der Waals surface area contributed by atoms with Crippen LogP contribution in [0, 0.1) is 17.5 Å². The fourth-order valence-electron chi connectivity index (χ4n) is 12.4. The molecule has 0 bridgehead atoms. The summed E-state index contributed by atoms with van der Waals surface area (Å²) in [6.45, 7) is 9.97. The van der Waals surface area contributed by atoms with E-state index in [1.165, 1.54) is 70.4 Å². The van der Waals surface area contributed by atoms with E-state index in [2.05, 4.69) is 45.2 Å². The van der Waals surface area contributed by atoms with Crippen LogP contribution in [0.4, 0.5) is 30.6 Å². The average molecular weight is 1700 g/mol. The van der Waals surface area contributed by atoms with E-state index in [1.54, 1.807) is 94.4 Å². The molecule has 0 N–H and O–H groups in total. The van der Waals surface area contributed by atoms with Gasteiger partial charge in [-0.05, 0) is 89.5 Å². The van der Waals surface area contributed by atoms with Gasteiger partial charge in [0.1, 0.15) is 20.2 Å². The van der Waals surface area contributed by atoms with Gasteiger partial charge in [-0.15, -0.1) is 39.1 Å². The Labute approximate surface area is 680 Å². The largest absolute Gasteiger partial charge is 0.364 e. The highest BCUT2D eigenvalue weighted by Crippen LogP contribution is 2.27. The minimum absolute atomic E-state index is 0.000952. The van der Waals surface area contributed by atoms with Gasteiger partial charge in [0.2, 0.25) is 0 Å². The van der Waals surface area contributed by atoms with Crippen LogP contribution >= 0.6 is 68.8 Å². The molecule has 11 aromatic rings. The van der Waals surface area contributed by atoms with Crippen LogP contribution < -0.4 is 14.4 Å². The highest BCUT2D eigenvalue weighted by Gasteiger charge is 2.29.